The molecule has 4 rings (SSSR count). The number of ketones is 1. The number of aryl methyl sites for hydroxylation is 1. The van der Waals surface area contributed by atoms with Crippen molar-refractivity contribution in [3.05, 3.63) is 94.6 Å². The fraction of sp³-hybridized carbons (Fsp3) is 0.258. The molecule has 0 aliphatic carbocycles. The van der Waals surface area contributed by atoms with Gasteiger partial charge in [-0.2, -0.15) is 0 Å². The lowest BCUT2D eigenvalue weighted by Gasteiger charge is -2.26. The topological polar surface area (TPSA) is 96.4 Å². The molecule has 1 N–H and O–H groups in total. The summed E-state index contributed by atoms with van der Waals surface area (Å²) in [6, 6.07) is 18.0. The molecule has 3 aromatic carbocycles. The third-order valence-electron chi connectivity index (χ3n) is 6.63. The molecule has 8 nitrogen and oxygen atoms in total. The minimum Gasteiger partial charge on any atom is -0.507 e. The lowest BCUT2D eigenvalue weighted by molar-refractivity contribution is -0.132. The highest BCUT2D eigenvalue weighted by Crippen LogP contribution is 2.43. The fourth-order valence-corrected chi connectivity index (χ4v) is 4.60. The minimum absolute atomic E-state index is 0.0392. The average molecular weight is 529 g/mol. The van der Waals surface area contributed by atoms with Crippen molar-refractivity contribution < 1.29 is 29.0 Å². The van der Waals surface area contributed by atoms with Crippen LogP contribution in [0.2, 0.25) is 0 Å². The Morgan fingerprint density at radius 1 is 1.00 bits per heavy atom. The smallest absolute Gasteiger partial charge is 0.337 e. The lowest BCUT2D eigenvalue weighted by Crippen LogP contribution is -2.29. The van der Waals surface area contributed by atoms with Crippen LogP contribution in [0.1, 0.15) is 46.4 Å². The highest BCUT2D eigenvalue weighted by Gasteiger charge is 2.47. The summed E-state index contributed by atoms with van der Waals surface area (Å²) in [4.78, 5) is 42.4. The number of amides is 1. The quantitative estimate of drug-likeness (QED) is 0.184. The van der Waals surface area contributed by atoms with Gasteiger partial charge >= 0.3 is 5.97 Å². The van der Waals surface area contributed by atoms with E-state index < -0.39 is 23.7 Å². The van der Waals surface area contributed by atoms with E-state index in [0.29, 0.717) is 29.2 Å². The van der Waals surface area contributed by atoms with Crippen LogP contribution in [0.15, 0.2) is 72.3 Å². The summed E-state index contributed by atoms with van der Waals surface area (Å²) in [5, 5.41) is 11.5. The predicted molar refractivity (Wildman–Crippen MR) is 150 cm³/mol. The molecule has 1 saturated heterocycles. The van der Waals surface area contributed by atoms with E-state index in [-0.39, 0.29) is 16.9 Å². The van der Waals surface area contributed by atoms with Crippen LogP contribution in [0.3, 0.4) is 0 Å². The third-order valence-corrected chi connectivity index (χ3v) is 6.63. The number of methoxy groups -OCH3 is 1. The van der Waals surface area contributed by atoms with E-state index in [1.807, 2.05) is 57.1 Å². The second-order valence-corrected chi connectivity index (χ2v) is 9.53. The van der Waals surface area contributed by atoms with Crippen LogP contribution >= 0.6 is 0 Å². The first-order valence-electron chi connectivity index (χ1n) is 12.7. The summed E-state index contributed by atoms with van der Waals surface area (Å²) in [5.41, 5.74) is 3.28. The van der Waals surface area contributed by atoms with E-state index in [0.717, 1.165) is 17.7 Å². The van der Waals surface area contributed by atoms with Crippen molar-refractivity contribution >= 4 is 34.8 Å². The highest BCUT2D eigenvalue weighted by atomic mass is 16.5. The normalized spacial score (nSPS) is 16.3. The Kier molecular flexibility index (Phi) is 8.04. The van der Waals surface area contributed by atoms with Gasteiger partial charge in [0.15, 0.2) is 0 Å². The number of aliphatic hydroxyl groups excluding tert-OH is 1. The molecule has 202 valence electrons. The minimum atomic E-state index is -0.926. The van der Waals surface area contributed by atoms with Gasteiger partial charge in [0.25, 0.3) is 11.7 Å². The number of anilines is 2. The van der Waals surface area contributed by atoms with Crippen LogP contribution in [0.4, 0.5) is 11.4 Å². The van der Waals surface area contributed by atoms with Crippen LogP contribution in [0, 0.1) is 6.92 Å². The lowest BCUT2D eigenvalue weighted by atomic mass is 9.94. The average Bonchev–Trinajstić information content (AvgIpc) is 3.21. The Hall–Kier alpha value is -4.59. The first-order chi connectivity index (χ1) is 18.7. The Labute approximate surface area is 228 Å². The highest BCUT2D eigenvalue weighted by molar-refractivity contribution is 6.51. The van der Waals surface area contributed by atoms with Crippen LogP contribution < -0.4 is 14.5 Å². The fourth-order valence-electron chi connectivity index (χ4n) is 4.60. The second kappa shape index (κ2) is 11.4. The molecule has 0 saturated carbocycles. The molecule has 39 heavy (non-hydrogen) atoms. The molecule has 1 aliphatic heterocycles. The number of hydrogen-bond donors (Lipinski definition) is 1. The molecule has 1 unspecified atom stereocenters. The van der Waals surface area contributed by atoms with Crippen LogP contribution in [-0.2, 0) is 14.3 Å². The summed E-state index contributed by atoms with van der Waals surface area (Å²) >= 11 is 0. The number of carbonyl (C=O) groups excluding carboxylic acids is 3. The number of benzene rings is 3. The largest absolute Gasteiger partial charge is 0.507 e. The number of Topliss-reactive ketones (excluding diaryl/α,β-unsaturated/α-hetero) is 1. The van der Waals surface area contributed by atoms with Gasteiger partial charge in [-0.1, -0.05) is 25.1 Å². The van der Waals surface area contributed by atoms with Crippen molar-refractivity contribution in [2.24, 2.45) is 0 Å². The molecule has 0 radical (unpaired) electrons. The van der Waals surface area contributed by atoms with Gasteiger partial charge in [0.2, 0.25) is 0 Å². The molecule has 1 heterocycles. The SMILES string of the molecule is CCCOc1ccc(/C(O)=C2\C(=O)C(=O)N(c3cccc(C(=O)OC)c3)C2c2ccc(N(C)C)cc2)cc1C. The molecule has 1 fully saturated rings. The number of esters is 1. The molecule has 3 aromatic rings. The Balaban J connectivity index is 1.89. The summed E-state index contributed by atoms with van der Waals surface area (Å²) in [6.45, 7) is 4.43. The first-order valence-corrected chi connectivity index (χ1v) is 12.7. The molecule has 1 atom stereocenters. The van der Waals surface area contributed by atoms with Gasteiger partial charge in [-0.15, -0.1) is 0 Å². The van der Waals surface area contributed by atoms with Crippen molar-refractivity contribution in [2.75, 3.05) is 37.6 Å². The van der Waals surface area contributed by atoms with E-state index in [4.69, 9.17) is 9.47 Å². The Bertz CT molecular complexity index is 1440. The zero-order valence-corrected chi connectivity index (χ0v) is 22.7. The number of ether oxygens (including phenoxy) is 2. The maximum atomic E-state index is 13.5. The van der Waals surface area contributed by atoms with Gasteiger partial charge in [-0.05, 0) is 73.0 Å². The van der Waals surface area contributed by atoms with Gasteiger partial charge in [-0.3, -0.25) is 14.5 Å². The molecule has 0 spiro atoms. The summed E-state index contributed by atoms with van der Waals surface area (Å²) in [7, 11) is 5.10. The van der Waals surface area contributed by atoms with Crippen molar-refractivity contribution in [3.8, 4) is 5.75 Å². The zero-order valence-electron chi connectivity index (χ0n) is 22.7. The van der Waals surface area contributed by atoms with Gasteiger partial charge in [-0.25, -0.2) is 4.79 Å². The van der Waals surface area contributed by atoms with E-state index in [1.165, 1.54) is 18.1 Å². The zero-order chi connectivity index (χ0) is 28.3. The predicted octanol–water partition coefficient (Wildman–Crippen LogP) is 5.26. The monoisotopic (exact) mass is 528 g/mol. The molecule has 8 heteroatoms. The van der Waals surface area contributed by atoms with Crippen molar-refractivity contribution in [1.82, 2.24) is 0 Å². The van der Waals surface area contributed by atoms with Crippen LogP contribution in [0.25, 0.3) is 5.76 Å². The van der Waals surface area contributed by atoms with Crippen molar-refractivity contribution in [3.63, 3.8) is 0 Å². The van der Waals surface area contributed by atoms with Gasteiger partial charge in [0.05, 0.1) is 30.9 Å². The maximum Gasteiger partial charge on any atom is 0.337 e. The number of carbonyl (C=O) groups is 3. The van der Waals surface area contributed by atoms with Crippen molar-refractivity contribution in [2.45, 2.75) is 26.3 Å². The standard InChI is InChI=1S/C31H32N2O6/c1-6-16-39-25-15-12-21(17-19(25)2)28(34)26-27(20-10-13-23(14-11-20)32(3)4)33(30(36)29(26)35)24-9-7-8-22(18-24)31(37)38-5/h7-15,17-18,27,34H,6,16H2,1-5H3/b28-26+. The molecule has 0 aromatic heterocycles. The summed E-state index contributed by atoms with van der Waals surface area (Å²) < 4.78 is 10.6. The number of rotatable bonds is 8. The molecular weight excluding hydrogens is 496 g/mol. The van der Waals surface area contributed by atoms with E-state index >= 15 is 0 Å². The number of nitrogens with zero attached hydrogens (tertiary/aromatic N) is 2. The van der Waals surface area contributed by atoms with Crippen LogP contribution in [0.5, 0.6) is 5.75 Å². The number of hydrogen-bond acceptors (Lipinski definition) is 7. The van der Waals surface area contributed by atoms with E-state index in [9.17, 15) is 19.5 Å². The Morgan fingerprint density at radius 2 is 1.72 bits per heavy atom. The summed E-state index contributed by atoms with van der Waals surface area (Å²) in [6.07, 6.45) is 0.856. The first kappa shape index (κ1) is 27.4. The van der Waals surface area contributed by atoms with E-state index in [2.05, 4.69) is 0 Å². The molecule has 1 aliphatic rings. The summed E-state index contributed by atoms with van der Waals surface area (Å²) in [5.74, 6) is -1.79. The van der Waals surface area contributed by atoms with E-state index in [1.54, 1.807) is 36.4 Å². The second-order valence-electron chi connectivity index (χ2n) is 9.53. The van der Waals surface area contributed by atoms with Gasteiger partial charge in [0, 0.05) is 31.0 Å². The van der Waals surface area contributed by atoms with Gasteiger partial charge in [0.1, 0.15) is 11.5 Å². The molecule has 1 amide bonds. The third kappa shape index (κ3) is 5.36. The maximum absolute atomic E-state index is 13.5. The van der Waals surface area contributed by atoms with Crippen molar-refractivity contribution in [1.29, 1.82) is 0 Å². The van der Waals surface area contributed by atoms with Crippen LogP contribution in [-0.4, -0.2) is 50.6 Å². The molecule has 0 bridgehead atoms. The van der Waals surface area contributed by atoms with Gasteiger partial charge < -0.3 is 19.5 Å². The molecular formula is C31H32N2O6. The Morgan fingerprint density at radius 3 is 2.33 bits per heavy atom. The number of aliphatic hydroxyl groups is 1.